The van der Waals surface area contributed by atoms with Crippen molar-refractivity contribution in [1.29, 1.82) is 0 Å². The second-order valence-electron chi connectivity index (χ2n) is 8.31. The van der Waals surface area contributed by atoms with Crippen LogP contribution in [0.2, 0.25) is 0 Å². The Balaban J connectivity index is 1.57. The lowest BCUT2D eigenvalue weighted by molar-refractivity contribution is 0.0945. The fourth-order valence-corrected chi connectivity index (χ4v) is 3.94. The number of hydrogen-bond donors (Lipinski definition) is 3. The zero-order chi connectivity index (χ0) is 21.4. The predicted octanol–water partition coefficient (Wildman–Crippen LogP) is 3.69. The maximum Gasteiger partial charge on any atom is 0.270 e. The lowest BCUT2D eigenvalue weighted by Gasteiger charge is -2.12. The highest BCUT2D eigenvalue weighted by molar-refractivity contribution is 7.80. The second-order valence-corrected chi connectivity index (χ2v) is 8.72. The number of amides is 1. The molecule has 7 nitrogen and oxygen atoms in total. The average molecular weight is 435 g/mol. The van der Waals surface area contributed by atoms with Gasteiger partial charge in [0.15, 0.2) is 10.8 Å². The highest BCUT2D eigenvalue weighted by Crippen LogP contribution is 2.45. The minimum atomic E-state index is -0.218. The summed E-state index contributed by atoms with van der Waals surface area (Å²) >= 11 is 5.24. The molecular weight excluding hydrogens is 408 g/mol. The fraction of sp³-hybridized carbons (Fsp3) is 0.391. The predicted molar refractivity (Wildman–Crippen MR) is 124 cm³/mol. The van der Waals surface area contributed by atoms with E-state index < -0.39 is 0 Å². The Morgan fingerprint density at radius 2 is 1.87 bits per heavy atom. The first-order chi connectivity index (χ1) is 15.2. The number of nitrogens with one attached hydrogen (secondary N) is 3. The number of rotatable bonds is 6. The van der Waals surface area contributed by atoms with Gasteiger partial charge in [0.05, 0.1) is 22.3 Å². The van der Waals surface area contributed by atoms with Gasteiger partial charge in [-0.25, -0.2) is 9.67 Å². The first-order valence-corrected chi connectivity index (χ1v) is 11.4. The molecule has 31 heavy (non-hydrogen) atoms. The molecule has 2 fully saturated rings. The molecule has 0 radical (unpaired) electrons. The number of thiocarbonyl (C=S) groups is 1. The molecule has 8 heteroatoms. The molecule has 2 aliphatic rings. The summed E-state index contributed by atoms with van der Waals surface area (Å²) in [7, 11) is 0. The molecule has 0 aliphatic heterocycles. The summed E-state index contributed by atoms with van der Waals surface area (Å²) in [5.74, 6) is 0.581. The molecule has 160 valence electrons. The third-order valence-electron chi connectivity index (χ3n) is 5.71. The van der Waals surface area contributed by atoms with Crippen LogP contribution in [0, 0.1) is 0 Å². The molecule has 0 bridgehead atoms. The van der Waals surface area contributed by atoms with E-state index in [0.29, 0.717) is 22.5 Å². The van der Waals surface area contributed by atoms with Crippen LogP contribution in [0.1, 0.15) is 72.6 Å². The van der Waals surface area contributed by atoms with Crippen molar-refractivity contribution < 1.29 is 4.79 Å². The molecule has 0 atom stereocenters. The molecule has 0 spiro atoms. The summed E-state index contributed by atoms with van der Waals surface area (Å²) in [5, 5.41) is 9.25. The number of carbonyl (C=O) groups excluding carboxylic acids is 1. The van der Waals surface area contributed by atoms with E-state index in [1.54, 1.807) is 0 Å². The third-order valence-corrected chi connectivity index (χ3v) is 5.96. The van der Waals surface area contributed by atoms with Crippen LogP contribution in [0.5, 0.6) is 0 Å². The SMILES string of the molecule is CCCNC(=S)NNC(=O)c1cc(C2CC2)nc2c1c(C1CC1)nn2-c1ccccc1. The van der Waals surface area contributed by atoms with Gasteiger partial charge in [-0.15, -0.1) is 0 Å². The molecule has 2 aromatic heterocycles. The Morgan fingerprint density at radius 3 is 2.55 bits per heavy atom. The Bertz CT molecular complexity index is 1130. The van der Waals surface area contributed by atoms with Crippen LogP contribution in [0.15, 0.2) is 36.4 Å². The summed E-state index contributed by atoms with van der Waals surface area (Å²) in [5.41, 5.74) is 9.83. The van der Waals surface area contributed by atoms with Gasteiger partial charge in [-0.05, 0) is 62.5 Å². The van der Waals surface area contributed by atoms with E-state index in [2.05, 4.69) is 23.1 Å². The van der Waals surface area contributed by atoms with E-state index in [1.807, 2.05) is 41.1 Å². The fourth-order valence-electron chi connectivity index (χ4n) is 3.78. The van der Waals surface area contributed by atoms with Crippen LogP contribution < -0.4 is 16.2 Å². The van der Waals surface area contributed by atoms with Crippen molar-refractivity contribution in [3.8, 4) is 5.69 Å². The molecule has 2 aliphatic carbocycles. The summed E-state index contributed by atoms with van der Waals surface area (Å²) in [6.07, 6.45) is 5.36. The van der Waals surface area contributed by atoms with Crippen LogP contribution in [-0.4, -0.2) is 32.3 Å². The van der Waals surface area contributed by atoms with Crippen molar-refractivity contribution in [1.82, 2.24) is 30.9 Å². The number of pyridine rings is 1. The minimum absolute atomic E-state index is 0.218. The van der Waals surface area contributed by atoms with Gasteiger partial charge in [0.1, 0.15) is 0 Å². The highest BCUT2D eigenvalue weighted by atomic mass is 32.1. The lowest BCUT2D eigenvalue weighted by atomic mass is 10.1. The Labute approximate surface area is 186 Å². The van der Waals surface area contributed by atoms with Gasteiger partial charge in [0, 0.05) is 24.1 Å². The minimum Gasteiger partial charge on any atom is -0.361 e. The van der Waals surface area contributed by atoms with Crippen LogP contribution in [-0.2, 0) is 0 Å². The van der Waals surface area contributed by atoms with E-state index in [1.165, 1.54) is 0 Å². The molecule has 1 amide bonds. The molecule has 3 aromatic rings. The lowest BCUT2D eigenvalue weighted by Crippen LogP contribution is -2.47. The zero-order valence-corrected chi connectivity index (χ0v) is 18.3. The molecule has 2 heterocycles. The van der Waals surface area contributed by atoms with Crippen LogP contribution >= 0.6 is 12.2 Å². The first-order valence-electron chi connectivity index (χ1n) is 11.0. The van der Waals surface area contributed by atoms with Gasteiger partial charge >= 0.3 is 0 Å². The van der Waals surface area contributed by atoms with Crippen molar-refractivity contribution in [3.63, 3.8) is 0 Å². The molecule has 0 unspecified atom stereocenters. The topological polar surface area (TPSA) is 83.9 Å². The van der Waals surface area contributed by atoms with E-state index in [9.17, 15) is 4.79 Å². The molecule has 1 aromatic carbocycles. The van der Waals surface area contributed by atoms with Gasteiger partial charge in [-0.1, -0.05) is 25.1 Å². The highest BCUT2D eigenvalue weighted by Gasteiger charge is 2.34. The van der Waals surface area contributed by atoms with Crippen molar-refractivity contribution in [3.05, 3.63) is 53.3 Å². The smallest absolute Gasteiger partial charge is 0.270 e. The van der Waals surface area contributed by atoms with Crippen molar-refractivity contribution in [2.24, 2.45) is 0 Å². The van der Waals surface area contributed by atoms with Crippen LogP contribution in [0.25, 0.3) is 16.7 Å². The number of fused-ring (bicyclic) bond motifs is 1. The molecule has 0 saturated heterocycles. The second kappa shape index (κ2) is 8.26. The monoisotopic (exact) mass is 434 g/mol. The van der Waals surface area contributed by atoms with E-state index >= 15 is 0 Å². The third kappa shape index (κ3) is 4.12. The van der Waals surface area contributed by atoms with E-state index in [4.69, 9.17) is 22.3 Å². The molecular formula is C23H26N6OS. The van der Waals surface area contributed by atoms with E-state index in [0.717, 1.165) is 66.8 Å². The molecule has 3 N–H and O–H groups in total. The Kier molecular flexibility index (Phi) is 5.31. The van der Waals surface area contributed by atoms with Crippen molar-refractivity contribution >= 4 is 34.3 Å². The summed E-state index contributed by atoms with van der Waals surface area (Å²) in [4.78, 5) is 18.2. The van der Waals surface area contributed by atoms with Crippen molar-refractivity contribution in [2.75, 3.05) is 6.54 Å². The number of hydrogen-bond acceptors (Lipinski definition) is 4. The van der Waals surface area contributed by atoms with Gasteiger partial charge in [0.2, 0.25) is 0 Å². The Hall–Kier alpha value is -3.00. The number of nitrogens with zero attached hydrogens (tertiary/aromatic N) is 3. The van der Waals surface area contributed by atoms with Gasteiger partial charge in [0.25, 0.3) is 5.91 Å². The Morgan fingerprint density at radius 1 is 1.13 bits per heavy atom. The molecule has 5 rings (SSSR count). The largest absolute Gasteiger partial charge is 0.361 e. The van der Waals surface area contributed by atoms with Gasteiger partial charge < -0.3 is 5.32 Å². The van der Waals surface area contributed by atoms with Gasteiger partial charge in [-0.2, -0.15) is 5.10 Å². The number of benzene rings is 1. The number of aromatic nitrogens is 3. The summed E-state index contributed by atoms with van der Waals surface area (Å²) in [6, 6.07) is 12.0. The zero-order valence-electron chi connectivity index (χ0n) is 17.5. The van der Waals surface area contributed by atoms with Crippen LogP contribution in [0.3, 0.4) is 0 Å². The quantitative estimate of drug-likeness (QED) is 0.405. The maximum atomic E-state index is 13.2. The number of carbonyl (C=O) groups is 1. The van der Waals surface area contributed by atoms with E-state index in [-0.39, 0.29) is 5.91 Å². The molecule has 2 saturated carbocycles. The number of hydrazine groups is 1. The standard InChI is InChI=1S/C23H26N6OS/c1-2-12-24-23(31)27-26-22(30)17-13-18(14-8-9-14)25-21-19(17)20(15-10-11-15)28-29(21)16-6-4-3-5-7-16/h3-7,13-15H,2,8-12H2,1H3,(H,26,30)(H2,24,27,31). The number of para-hydroxylation sites is 1. The maximum absolute atomic E-state index is 13.2. The first kappa shape index (κ1) is 19.9. The van der Waals surface area contributed by atoms with Gasteiger partial charge in [-0.3, -0.25) is 15.6 Å². The normalized spacial score (nSPS) is 15.6. The summed E-state index contributed by atoms with van der Waals surface area (Å²) < 4.78 is 1.90. The summed E-state index contributed by atoms with van der Waals surface area (Å²) in [6.45, 7) is 2.81. The average Bonchev–Trinajstić information content (AvgIpc) is 3.73. The van der Waals surface area contributed by atoms with Crippen molar-refractivity contribution in [2.45, 2.75) is 50.9 Å². The van der Waals surface area contributed by atoms with Crippen LogP contribution in [0.4, 0.5) is 0 Å².